The van der Waals surface area contributed by atoms with Crippen LogP contribution in [0.5, 0.6) is 0 Å². The first-order valence-electron chi connectivity index (χ1n) is 5.89. The third kappa shape index (κ3) is 2.47. The van der Waals surface area contributed by atoms with E-state index >= 15 is 0 Å². The van der Waals surface area contributed by atoms with Crippen LogP contribution in [-0.2, 0) is 4.74 Å². The SMILES string of the molecule is CC1OCCC1C(CCC1CC1)NN. The lowest BCUT2D eigenvalue weighted by Gasteiger charge is -2.25. The van der Waals surface area contributed by atoms with Crippen LogP contribution in [0.15, 0.2) is 0 Å². The lowest BCUT2D eigenvalue weighted by atomic mass is 9.90. The minimum absolute atomic E-state index is 0.384. The average molecular weight is 198 g/mol. The highest BCUT2D eigenvalue weighted by Gasteiger charge is 2.32. The Bertz CT molecular complexity index is 182. The molecule has 3 nitrogen and oxygen atoms in total. The second-order valence-corrected chi connectivity index (χ2v) is 4.82. The van der Waals surface area contributed by atoms with Crippen molar-refractivity contribution in [3.8, 4) is 0 Å². The number of hydrazine groups is 1. The van der Waals surface area contributed by atoms with Crippen molar-refractivity contribution in [3.05, 3.63) is 0 Å². The molecule has 0 bridgehead atoms. The fourth-order valence-electron chi connectivity index (χ4n) is 2.52. The van der Waals surface area contributed by atoms with Crippen molar-refractivity contribution < 1.29 is 4.74 Å². The predicted octanol–water partition coefficient (Wildman–Crippen LogP) is 1.43. The number of rotatable bonds is 5. The van der Waals surface area contributed by atoms with Crippen LogP contribution in [0, 0.1) is 11.8 Å². The lowest BCUT2D eigenvalue weighted by Crippen LogP contribution is -2.43. The van der Waals surface area contributed by atoms with E-state index in [9.17, 15) is 0 Å². The molecule has 1 saturated heterocycles. The van der Waals surface area contributed by atoms with E-state index in [1.165, 1.54) is 32.1 Å². The number of hydrogen-bond acceptors (Lipinski definition) is 3. The second kappa shape index (κ2) is 4.60. The minimum atomic E-state index is 0.384. The summed E-state index contributed by atoms with van der Waals surface area (Å²) in [4.78, 5) is 0. The summed E-state index contributed by atoms with van der Waals surface area (Å²) in [6.45, 7) is 3.08. The molecule has 0 aromatic carbocycles. The Morgan fingerprint density at radius 2 is 2.21 bits per heavy atom. The maximum absolute atomic E-state index is 5.62. The molecule has 3 atom stereocenters. The van der Waals surface area contributed by atoms with E-state index in [4.69, 9.17) is 10.6 Å². The van der Waals surface area contributed by atoms with Gasteiger partial charge in [-0.25, -0.2) is 0 Å². The summed E-state index contributed by atoms with van der Waals surface area (Å²) in [5.74, 6) is 7.24. The van der Waals surface area contributed by atoms with Crippen molar-refractivity contribution in [2.24, 2.45) is 17.7 Å². The van der Waals surface area contributed by atoms with Gasteiger partial charge < -0.3 is 4.74 Å². The van der Waals surface area contributed by atoms with Gasteiger partial charge in [0.1, 0.15) is 0 Å². The molecule has 0 spiro atoms. The highest BCUT2D eigenvalue weighted by Crippen LogP contribution is 2.35. The molecule has 82 valence electrons. The van der Waals surface area contributed by atoms with E-state index in [0.29, 0.717) is 18.1 Å². The third-order valence-electron chi connectivity index (χ3n) is 3.75. The largest absolute Gasteiger partial charge is 0.378 e. The zero-order valence-corrected chi connectivity index (χ0v) is 9.04. The molecule has 14 heavy (non-hydrogen) atoms. The Morgan fingerprint density at radius 3 is 2.71 bits per heavy atom. The summed E-state index contributed by atoms with van der Waals surface area (Å²) in [5, 5.41) is 0. The summed E-state index contributed by atoms with van der Waals surface area (Å²) in [5.41, 5.74) is 2.98. The number of ether oxygens (including phenoxy) is 1. The van der Waals surface area contributed by atoms with Gasteiger partial charge in [0, 0.05) is 18.6 Å². The highest BCUT2D eigenvalue weighted by molar-refractivity contribution is 4.85. The highest BCUT2D eigenvalue weighted by atomic mass is 16.5. The van der Waals surface area contributed by atoms with Crippen molar-refractivity contribution in [2.75, 3.05) is 6.61 Å². The van der Waals surface area contributed by atoms with Crippen molar-refractivity contribution in [3.63, 3.8) is 0 Å². The van der Waals surface area contributed by atoms with Gasteiger partial charge in [-0.1, -0.05) is 12.8 Å². The molecule has 0 aromatic rings. The first-order chi connectivity index (χ1) is 6.81. The van der Waals surface area contributed by atoms with E-state index in [1.54, 1.807) is 0 Å². The summed E-state index contributed by atoms with van der Waals surface area (Å²) in [6.07, 6.45) is 7.00. The maximum Gasteiger partial charge on any atom is 0.0591 e. The van der Waals surface area contributed by atoms with E-state index in [2.05, 4.69) is 12.3 Å². The number of nitrogens with two attached hydrogens (primary N) is 1. The van der Waals surface area contributed by atoms with Crippen LogP contribution in [0.3, 0.4) is 0 Å². The van der Waals surface area contributed by atoms with Gasteiger partial charge in [-0.2, -0.15) is 0 Å². The smallest absolute Gasteiger partial charge is 0.0591 e. The van der Waals surface area contributed by atoms with Crippen LogP contribution >= 0.6 is 0 Å². The van der Waals surface area contributed by atoms with Crippen molar-refractivity contribution >= 4 is 0 Å². The zero-order valence-electron chi connectivity index (χ0n) is 9.04. The van der Waals surface area contributed by atoms with Crippen molar-refractivity contribution in [1.29, 1.82) is 0 Å². The number of nitrogens with one attached hydrogen (secondary N) is 1. The predicted molar refractivity (Wildman–Crippen MR) is 56.6 cm³/mol. The molecular formula is C11H22N2O. The van der Waals surface area contributed by atoms with Gasteiger partial charge in [0.15, 0.2) is 0 Å². The van der Waals surface area contributed by atoms with Crippen LogP contribution in [0.25, 0.3) is 0 Å². The molecule has 1 heterocycles. The molecule has 3 unspecified atom stereocenters. The van der Waals surface area contributed by atoms with Crippen molar-refractivity contribution in [2.45, 2.75) is 51.2 Å². The molecule has 3 heteroatoms. The van der Waals surface area contributed by atoms with Crippen LogP contribution < -0.4 is 11.3 Å². The molecule has 1 saturated carbocycles. The van der Waals surface area contributed by atoms with Gasteiger partial charge in [0.05, 0.1) is 6.10 Å². The molecule has 2 rings (SSSR count). The molecule has 0 amide bonds. The monoisotopic (exact) mass is 198 g/mol. The molecular weight excluding hydrogens is 176 g/mol. The van der Waals surface area contributed by atoms with Crippen LogP contribution in [0.4, 0.5) is 0 Å². The second-order valence-electron chi connectivity index (χ2n) is 4.82. The van der Waals surface area contributed by atoms with Gasteiger partial charge >= 0.3 is 0 Å². The minimum Gasteiger partial charge on any atom is -0.378 e. The molecule has 1 aliphatic carbocycles. The summed E-state index contributed by atoms with van der Waals surface area (Å²) < 4.78 is 5.58. The Morgan fingerprint density at radius 1 is 1.43 bits per heavy atom. The Balaban J connectivity index is 1.77. The van der Waals surface area contributed by atoms with Crippen LogP contribution in [-0.4, -0.2) is 18.8 Å². The first kappa shape index (κ1) is 10.4. The van der Waals surface area contributed by atoms with Gasteiger partial charge in [-0.05, 0) is 32.1 Å². The fraction of sp³-hybridized carbons (Fsp3) is 1.00. The zero-order chi connectivity index (χ0) is 9.97. The standard InChI is InChI=1S/C11H22N2O/c1-8-10(6-7-14-8)11(13-12)5-4-9-2-3-9/h8-11,13H,2-7,12H2,1H3. The maximum atomic E-state index is 5.62. The summed E-state index contributed by atoms with van der Waals surface area (Å²) >= 11 is 0. The quantitative estimate of drug-likeness (QED) is 0.519. The van der Waals surface area contributed by atoms with E-state index in [1.807, 2.05) is 0 Å². The number of hydrogen-bond donors (Lipinski definition) is 2. The average Bonchev–Trinajstić information content (AvgIpc) is 2.92. The molecule has 0 radical (unpaired) electrons. The van der Waals surface area contributed by atoms with E-state index in [0.717, 1.165) is 12.5 Å². The van der Waals surface area contributed by atoms with E-state index < -0.39 is 0 Å². The fourth-order valence-corrected chi connectivity index (χ4v) is 2.52. The Hall–Kier alpha value is -0.120. The van der Waals surface area contributed by atoms with Gasteiger partial charge in [-0.15, -0.1) is 0 Å². The van der Waals surface area contributed by atoms with Gasteiger partial charge in [0.25, 0.3) is 0 Å². The molecule has 3 N–H and O–H groups in total. The van der Waals surface area contributed by atoms with Gasteiger partial charge in [-0.3, -0.25) is 11.3 Å². The lowest BCUT2D eigenvalue weighted by molar-refractivity contribution is 0.0938. The molecule has 2 aliphatic rings. The third-order valence-corrected chi connectivity index (χ3v) is 3.75. The normalized spacial score (nSPS) is 34.7. The van der Waals surface area contributed by atoms with Crippen molar-refractivity contribution in [1.82, 2.24) is 5.43 Å². The Labute approximate surface area is 86.4 Å². The van der Waals surface area contributed by atoms with Crippen LogP contribution in [0.2, 0.25) is 0 Å². The molecule has 2 fully saturated rings. The van der Waals surface area contributed by atoms with E-state index in [-0.39, 0.29) is 0 Å². The summed E-state index contributed by atoms with van der Waals surface area (Å²) in [7, 11) is 0. The topological polar surface area (TPSA) is 47.3 Å². The summed E-state index contributed by atoms with van der Waals surface area (Å²) in [6, 6.07) is 0.466. The Kier molecular flexibility index (Phi) is 3.42. The van der Waals surface area contributed by atoms with Gasteiger partial charge in [0.2, 0.25) is 0 Å². The van der Waals surface area contributed by atoms with Crippen LogP contribution in [0.1, 0.15) is 39.0 Å². The first-order valence-corrected chi connectivity index (χ1v) is 5.89. The molecule has 1 aliphatic heterocycles. The molecule has 0 aromatic heterocycles.